The molecular weight excluding hydrogens is 374 g/mol. The van der Waals surface area contributed by atoms with Crippen LogP contribution in [0.2, 0.25) is 0 Å². The SMILES string of the molecule is N#Cc1ccc2sc3c(C#N)cc4c(=O)oc(=O)c5cc(C#N)c(c2c1)c3c45. The molecule has 0 aliphatic carbocycles. The van der Waals surface area contributed by atoms with Crippen molar-refractivity contribution in [3.8, 4) is 18.2 Å². The van der Waals surface area contributed by atoms with Gasteiger partial charge >= 0.3 is 11.3 Å². The quantitative estimate of drug-likeness (QED) is 0.299. The van der Waals surface area contributed by atoms with Crippen LogP contribution in [0, 0.1) is 34.0 Å². The van der Waals surface area contributed by atoms with Crippen molar-refractivity contribution in [2.24, 2.45) is 0 Å². The van der Waals surface area contributed by atoms with E-state index < -0.39 is 11.3 Å². The summed E-state index contributed by atoms with van der Waals surface area (Å²) in [4.78, 5) is 24.6. The second kappa shape index (κ2) is 5.37. The summed E-state index contributed by atoms with van der Waals surface area (Å²) in [5.74, 6) is 0. The van der Waals surface area contributed by atoms with E-state index in [0.717, 1.165) is 4.70 Å². The standard InChI is InChI=1S/C21H5N3O3S/c22-6-9-1-2-15-12(3-9)16-10(7-23)4-13-17-14(21(26)27-20(13)25)5-11(8-24)19(28-15)18(16)17/h1-5H. The highest BCUT2D eigenvalue weighted by Crippen LogP contribution is 2.43. The molecule has 2 aromatic heterocycles. The maximum atomic E-state index is 12.3. The Hall–Kier alpha value is -4.25. The first kappa shape index (κ1) is 16.0. The van der Waals surface area contributed by atoms with E-state index in [4.69, 9.17) is 4.42 Å². The molecule has 0 unspecified atom stereocenters. The summed E-state index contributed by atoms with van der Waals surface area (Å²) in [6.07, 6.45) is 0. The number of hydrogen-bond acceptors (Lipinski definition) is 7. The number of benzene rings is 3. The van der Waals surface area contributed by atoms with Crippen LogP contribution in [0.1, 0.15) is 16.7 Å². The maximum Gasteiger partial charge on any atom is 0.346 e. The molecule has 0 saturated carbocycles. The van der Waals surface area contributed by atoms with Crippen LogP contribution in [0.3, 0.4) is 0 Å². The van der Waals surface area contributed by atoms with E-state index in [1.807, 2.05) is 0 Å². The predicted molar refractivity (Wildman–Crippen MR) is 104 cm³/mol. The number of rotatable bonds is 0. The summed E-state index contributed by atoms with van der Waals surface area (Å²) in [7, 11) is 0. The molecule has 2 heterocycles. The van der Waals surface area contributed by atoms with Crippen LogP contribution in [0.5, 0.6) is 0 Å². The van der Waals surface area contributed by atoms with E-state index in [0.29, 0.717) is 31.8 Å². The zero-order chi connectivity index (χ0) is 19.6. The lowest BCUT2D eigenvalue weighted by molar-refractivity contribution is 0.489. The van der Waals surface area contributed by atoms with E-state index in [1.54, 1.807) is 18.2 Å². The van der Waals surface area contributed by atoms with Gasteiger partial charge in [0.2, 0.25) is 0 Å². The van der Waals surface area contributed by atoms with Crippen molar-refractivity contribution in [1.82, 2.24) is 0 Å². The molecule has 5 rings (SSSR count). The molecule has 0 spiro atoms. The first-order chi connectivity index (χ1) is 13.6. The Morgan fingerprint density at radius 1 is 0.750 bits per heavy atom. The molecule has 7 heteroatoms. The van der Waals surface area contributed by atoms with Gasteiger partial charge in [-0.2, -0.15) is 15.8 Å². The Labute approximate surface area is 159 Å². The minimum absolute atomic E-state index is 0.121. The third-order valence-corrected chi connectivity index (χ3v) is 6.02. The highest BCUT2D eigenvalue weighted by atomic mass is 32.1. The summed E-state index contributed by atoms with van der Waals surface area (Å²) >= 11 is 1.31. The minimum Gasteiger partial charge on any atom is -0.386 e. The van der Waals surface area contributed by atoms with E-state index >= 15 is 0 Å². The molecule has 0 fully saturated rings. The van der Waals surface area contributed by atoms with Crippen LogP contribution >= 0.6 is 11.3 Å². The van der Waals surface area contributed by atoms with E-state index in [9.17, 15) is 25.4 Å². The van der Waals surface area contributed by atoms with Crippen molar-refractivity contribution in [2.75, 3.05) is 0 Å². The van der Waals surface area contributed by atoms with Gasteiger partial charge in [-0.15, -0.1) is 11.3 Å². The molecule has 0 bridgehead atoms. The van der Waals surface area contributed by atoms with E-state index in [2.05, 4.69) is 18.2 Å². The Balaban J connectivity index is 2.30. The summed E-state index contributed by atoms with van der Waals surface area (Å²) < 4.78 is 6.16. The Kier molecular flexibility index (Phi) is 3.06. The molecule has 0 aliphatic rings. The second-order valence-corrected chi connectivity index (χ2v) is 7.28. The summed E-state index contributed by atoms with van der Waals surface area (Å²) in [6.45, 7) is 0. The van der Waals surface area contributed by atoms with Gasteiger partial charge in [-0.25, -0.2) is 9.59 Å². The van der Waals surface area contributed by atoms with Crippen molar-refractivity contribution < 1.29 is 4.42 Å². The second-order valence-electron chi connectivity index (χ2n) is 6.22. The first-order valence-electron chi connectivity index (χ1n) is 8.04. The largest absolute Gasteiger partial charge is 0.386 e. The van der Waals surface area contributed by atoms with Gasteiger partial charge in [-0.1, -0.05) is 0 Å². The third kappa shape index (κ3) is 1.87. The monoisotopic (exact) mass is 379 g/mol. The molecule has 0 amide bonds. The van der Waals surface area contributed by atoms with E-state index in [-0.39, 0.29) is 21.9 Å². The Morgan fingerprint density at radius 2 is 1.43 bits per heavy atom. The molecule has 6 nitrogen and oxygen atoms in total. The predicted octanol–water partition coefficient (Wildman–Crippen LogP) is 3.73. The zero-order valence-electron chi connectivity index (χ0n) is 13.9. The Bertz CT molecular complexity index is 1710. The molecule has 0 N–H and O–H groups in total. The van der Waals surface area contributed by atoms with Crippen molar-refractivity contribution in [3.05, 3.63) is 67.9 Å². The van der Waals surface area contributed by atoms with Gasteiger partial charge in [0.05, 0.1) is 44.3 Å². The molecule has 0 radical (unpaired) electrons. The summed E-state index contributed by atoms with van der Waals surface area (Å²) in [5.41, 5.74) is -0.748. The molecule has 3 aromatic carbocycles. The van der Waals surface area contributed by atoms with Gasteiger partial charge in [0.25, 0.3) is 0 Å². The highest BCUT2D eigenvalue weighted by Gasteiger charge is 2.22. The van der Waals surface area contributed by atoms with Gasteiger partial charge in [-0.05, 0) is 30.3 Å². The van der Waals surface area contributed by atoms with Crippen molar-refractivity contribution in [1.29, 1.82) is 15.8 Å². The van der Waals surface area contributed by atoms with Crippen LogP contribution < -0.4 is 11.3 Å². The van der Waals surface area contributed by atoms with Gasteiger partial charge < -0.3 is 4.42 Å². The fourth-order valence-corrected chi connectivity index (χ4v) is 4.82. The molecule has 0 saturated heterocycles. The fourth-order valence-electron chi connectivity index (χ4n) is 3.67. The van der Waals surface area contributed by atoms with Crippen LogP contribution in [-0.2, 0) is 0 Å². The topological polar surface area (TPSA) is 119 Å². The van der Waals surface area contributed by atoms with E-state index in [1.165, 1.54) is 23.5 Å². The van der Waals surface area contributed by atoms with Crippen molar-refractivity contribution in [2.45, 2.75) is 0 Å². The van der Waals surface area contributed by atoms with Crippen molar-refractivity contribution >= 4 is 53.1 Å². The summed E-state index contributed by atoms with van der Waals surface area (Å²) in [6, 6.07) is 14.2. The highest BCUT2D eigenvalue weighted by molar-refractivity contribution is 7.25. The number of hydrogen-bond donors (Lipinski definition) is 0. The molecular formula is C21H5N3O3S. The lowest BCUT2D eigenvalue weighted by Crippen LogP contribution is -2.13. The molecule has 0 atom stereocenters. The number of fused-ring (bicyclic) bond motifs is 2. The molecule has 128 valence electrons. The fraction of sp³-hybridized carbons (Fsp3) is 0. The lowest BCUT2D eigenvalue weighted by atomic mass is 9.93. The lowest BCUT2D eigenvalue weighted by Gasteiger charge is -2.14. The molecule has 5 aromatic rings. The molecule has 28 heavy (non-hydrogen) atoms. The minimum atomic E-state index is -0.821. The van der Waals surface area contributed by atoms with Gasteiger partial charge in [0, 0.05) is 26.2 Å². The number of nitriles is 3. The Morgan fingerprint density at radius 3 is 2.07 bits per heavy atom. The van der Waals surface area contributed by atoms with Crippen molar-refractivity contribution in [3.63, 3.8) is 0 Å². The summed E-state index contributed by atoms with van der Waals surface area (Å²) in [5, 5.41) is 30.9. The smallest absolute Gasteiger partial charge is 0.346 e. The van der Waals surface area contributed by atoms with Gasteiger partial charge in [-0.3, -0.25) is 0 Å². The van der Waals surface area contributed by atoms with Crippen LogP contribution in [0.25, 0.3) is 41.7 Å². The average Bonchev–Trinajstić information content (AvgIpc) is 2.72. The maximum absolute atomic E-state index is 12.3. The number of nitrogens with zero attached hydrogens (tertiary/aromatic N) is 3. The van der Waals surface area contributed by atoms with Gasteiger partial charge in [0.15, 0.2) is 0 Å². The van der Waals surface area contributed by atoms with Crippen LogP contribution in [0.4, 0.5) is 0 Å². The molecule has 0 aliphatic heterocycles. The third-order valence-electron chi connectivity index (χ3n) is 4.81. The zero-order valence-corrected chi connectivity index (χ0v) is 14.7. The van der Waals surface area contributed by atoms with Gasteiger partial charge in [0.1, 0.15) is 6.07 Å². The first-order valence-corrected chi connectivity index (χ1v) is 8.85. The normalized spacial score (nSPS) is 11.0. The average molecular weight is 379 g/mol. The van der Waals surface area contributed by atoms with Crippen LogP contribution in [-0.4, -0.2) is 0 Å². The van der Waals surface area contributed by atoms with Crippen LogP contribution in [0.15, 0.2) is 44.3 Å².